The molecule has 0 aliphatic heterocycles. The van der Waals surface area contributed by atoms with Gasteiger partial charge in [-0.1, -0.05) is 18.2 Å². The van der Waals surface area contributed by atoms with Crippen LogP contribution in [0.15, 0.2) is 29.6 Å². The number of benzene rings is 1. The van der Waals surface area contributed by atoms with Crippen molar-refractivity contribution in [3.05, 3.63) is 40.9 Å². The number of anilines is 1. The molecule has 1 aromatic heterocycles. The van der Waals surface area contributed by atoms with Gasteiger partial charge in [0.25, 0.3) is 5.91 Å². The lowest BCUT2D eigenvalue weighted by Gasteiger charge is -2.15. The van der Waals surface area contributed by atoms with Gasteiger partial charge in [-0.05, 0) is 25.5 Å². The van der Waals surface area contributed by atoms with E-state index in [1.165, 1.54) is 16.2 Å². The van der Waals surface area contributed by atoms with Crippen LogP contribution in [0.4, 0.5) is 5.13 Å². The lowest BCUT2D eigenvalue weighted by atomic mass is 10.2. The Balaban J connectivity index is 1.96. The summed E-state index contributed by atoms with van der Waals surface area (Å²) in [4.78, 5) is 17.8. The number of amides is 1. The minimum Gasteiger partial charge on any atom is -0.483 e. The summed E-state index contributed by atoms with van der Waals surface area (Å²) in [6, 6.07) is 7.64. The molecule has 0 saturated heterocycles. The van der Waals surface area contributed by atoms with E-state index in [-0.39, 0.29) is 12.5 Å². The molecule has 0 aliphatic rings. The molecule has 0 fully saturated rings. The van der Waals surface area contributed by atoms with Gasteiger partial charge in [-0.15, -0.1) is 11.3 Å². The predicted octanol–water partition coefficient (Wildman–Crippen LogP) is 2.80. The summed E-state index contributed by atoms with van der Waals surface area (Å²) in [6.45, 7) is 3.87. The monoisotopic (exact) mass is 276 g/mol. The van der Waals surface area contributed by atoms with Crippen LogP contribution in [0.1, 0.15) is 11.3 Å². The Hall–Kier alpha value is -1.88. The number of thiazole rings is 1. The molecule has 0 saturated carbocycles. The van der Waals surface area contributed by atoms with Gasteiger partial charge in [-0.3, -0.25) is 9.69 Å². The zero-order chi connectivity index (χ0) is 13.8. The summed E-state index contributed by atoms with van der Waals surface area (Å²) >= 11 is 1.45. The van der Waals surface area contributed by atoms with Crippen molar-refractivity contribution in [2.24, 2.45) is 0 Å². The summed E-state index contributed by atoms with van der Waals surface area (Å²) in [5, 5.41) is 2.61. The first-order chi connectivity index (χ1) is 9.08. The second-order valence-electron chi connectivity index (χ2n) is 4.28. The largest absolute Gasteiger partial charge is 0.483 e. The number of hydrogen-bond acceptors (Lipinski definition) is 4. The highest BCUT2D eigenvalue weighted by atomic mass is 32.1. The van der Waals surface area contributed by atoms with Crippen LogP contribution < -0.4 is 9.64 Å². The molecule has 0 radical (unpaired) electrons. The van der Waals surface area contributed by atoms with E-state index in [1.54, 1.807) is 7.05 Å². The van der Waals surface area contributed by atoms with E-state index in [4.69, 9.17) is 4.74 Å². The first-order valence-corrected chi connectivity index (χ1v) is 6.83. The van der Waals surface area contributed by atoms with Crippen molar-refractivity contribution in [2.75, 3.05) is 18.6 Å². The van der Waals surface area contributed by atoms with Crippen molar-refractivity contribution < 1.29 is 9.53 Å². The Morgan fingerprint density at radius 2 is 2.11 bits per heavy atom. The van der Waals surface area contributed by atoms with Gasteiger partial charge in [0.05, 0.1) is 5.69 Å². The van der Waals surface area contributed by atoms with Crippen molar-refractivity contribution in [3.63, 3.8) is 0 Å². The fourth-order valence-electron chi connectivity index (χ4n) is 1.56. The van der Waals surface area contributed by atoms with Gasteiger partial charge in [-0.25, -0.2) is 4.98 Å². The highest BCUT2D eigenvalue weighted by Gasteiger charge is 2.14. The third kappa shape index (κ3) is 3.32. The number of aryl methyl sites for hydroxylation is 2. The second kappa shape index (κ2) is 5.84. The number of rotatable bonds is 4. The number of para-hydroxylation sites is 1. The maximum absolute atomic E-state index is 12.0. The van der Waals surface area contributed by atoms with Gasteiger partial charge in [0, 0.05) is 12.4 Å². The Morgan fingerprint density at radius 1 is 1.37 bits per heavy atom. The molecule has 0 bridgehead atoms. The topological polar surface area (TPSA) is 42.4 Å². The summed E-state index contributed by atoms with van der Waals surface area (Å²) < 4.78 is 5.53. The zero-order valence-corrected chi connectivity index (χ0v) is 12.0. The zero-order valence-electron chi connectivity index (χ0n) is 11.2. The molecule has 1 heterocycles. The van der Waals surface area contributed by atoms with E-state index in [2.05, 4.69) is 4.98 Å². The highest BCUT2D eigenvalue weighted by molar-refractivity contribution is 7.14. The van der Waals surface area contributed by atoms with Gasteiger partial charge in [0.2, 0.25) is 0 Å². The third-order valence-electron chi connectivity index (χ3n) is 2.71. The van der Waals surface area contributed by atoms with Gasteiger partial charge < -0.3 is 4.74 Å². The number of likely N-dealkylation sites (N-methyl/N-ethyl adjacent to an activating group) is 1. The standard InChI is InChI=1S/C14H16N2O2S/c1-10-6-4-5-7-12(10)18-8-13(17)16(3)14-15-11(2)9-19-14/h4-7,9H,8H2,1-3H3. The van der Waals surface area contributed by atoms with E-state index in [0.29, 0.717) is 5.13 Å². The molecule has 0 aliphatic carbocycles. The molecule has 0 N–H and O–H groups in total. The third-order valence-corrected chi connectivity index (χ3v) is 3.75. The minimum absolute atomic E-state index is 0.0139. The van der Waals surface area contributed by atoms with Crippen molar-refractivity contribution in [2.45, 2.75) is 13.8 Å². The van der Waals surface area contributed by atoms with Crippen LogP contribution in [0, 0.1) is 13.8 Å². The lowest BCUT2D eigenvalue weighted by Crippen LogP contribution is -2.31. The minimum atomic E-state index is -0.113. The normalized spacial score (nSPS) is 10.3. The summed E-state index contributed by atoms with van der Waals surface area (Å²) in [5.41, 5.74) is 1.93. The molecule has 4 nitrogen and oxygen atoms in total. The van der Waals surface area contributed by atoms with Crippen LogP contribution in [0.3, 0.4) is 0 Å². The first kappa shape index (κ1) is 13.5. The van der Waals surface area contributed by atoms with Crippen LogP contribution in [0.25, 0.3) is 0 Å². The predicted molar refractivity (Wildman–Crippen MR) is 76.9 cm³/mol. The van der Waals surface area contributed by atoms with E-state index in [1.807, 2.05) is 43.5 Å². The fourth-order valence-corrected chi connectivity index (χ4v) is 2.34. The molecule has 5 heteroatoms. The van der Waals surface area contributed by atoms with Crippen LogP contribution in [0.5, 0.6) is 5.75 Å². The highest BCUT2D eigenvalue weighted by Crippen LogP contribution is 2.20. The Kier molecular flexibility index (Phi) is 4.16. The van der Waals surface area contributed by atoms with Crippen molar-refractivity contribution >= 4 is 22.4 Å². The summed E-state index contributed by atoms with van der Waals surface area (Å²) in [5.74, 6) is 0.622. The van der Waals surface area contributed by atoms with Gasteiger partial charge in [-0.2, -0.15) is 0 Å². The smallest absolute Gasteiger partial charge is 0.266 e. The number of carbonyl (C=O) groups is 1. The van der Waals surface area contributed by atoms with Crippen LogP contribution in [0.2, 0.25) is 0 Å². The molecular weight excluding hydrogens is 260 g/mol. The average Bonchev–Trinajstić information content (AvgIpc) is 2.83. The molecule has 2 aromatic rings. The average molecular weight is 276 g/mol. The second-order valence-corrected chi connectivity index (χ2v) is 5.11. The van der Waals surface area contributed by atoms with Gasteiger partial charge in [0.1, 0.15) is 5.75 Å². The maximum Gasteiger partial charge on any atom is 0.266 e. The number of aromatic nitrogens is 1. The number of hydrogen-bond donors (Lipinski definition) is 0. The van der Waals surface area contributed by atoms with Crippen LogP contribution >= 0.6 is 11.3 Å². The fraction of sp³-hybridized carbons (Fsp3) is 0.286. The van der Waals surface area contributed by atoms with E-state index >= 15 is 0 Å². The number of nitrogens with zero attached hydrogens (tertiary/aromatic N) is 2. The molecule has 1 amide bonds. The quantitative estimate of drug-likeness (QED) is 0.862. The SMILES string of the molecule is Cc1csc(N(C)C(=O)COc2ccccc2C)n1. The van der Waals surface area contributed by atoms with E-state index in [9.17, 15) is 4.79 Å². The van der Waals surface area contributed by atoms with Crippen molar-refractivity contribution in [1.82, 2.24) is 4.98 Å². The van der Waals surface area contributed by atoms with Crippen molar-refractivity contribution in [3.8, 4) is 5.75 Å². The van der Waals surface area contributed by atoms with Gasteiger partial charge >= 0.3 is 0 Å². The molecule has 0 spiro atoms. The Bertz CT molecular complexity index is 580. The number of ether oxygens (including phenoxy) is 1. The Labute approximate surface area is 116 Å². The molecular formula is C14H16N2O2S. The maximum atomic E-state index is 12.0. The molecule has 0 atom stereocenters. The molecule has 100 valence electrons. The molecule has 2 rings (SSSR count). The summed E-state index contributed by atoms with van der Waals surface area (Å²) in [7, 11) is 1.71. The Morgan fingerprint density at radius 3 is 2.74 bits per heavy atom. The molecule has 1 aromatic carbocycles. The van der Waals surface area contributed by atoms with Crippen molar-refractivity contribution in [1.29, 1.82) is 0 Å². The lowest BCUT2D eigenvalue weighted by molar-refractivity contribution is -0.120. The summed E-state index contributed by atoms with van der Waals surface area (Å²) in [6.07, 6.45) is 0. The molecule has 0 unspecified atom stereocenters. The van der Waals surface area contributed by atoms with E-state index in [0.717, 1.165) is 17.0 Å². The van der Waals surface area contributed by atoms with Crippen LogP contribution in [-0.4, -0.2) is 24.5 Å². The number of carbonyl (C=O) groups excluding carboxylic acids is 1. The van der Waals surface area contributed by atoms with Crippen LogP contribution in [-0.2, 0) is 4.79 Å². The molecule has 19 heavy (non-hydrogen) atoms. The first-order valence-electron chi connectivity index (χ1n) is 5.95. The van der Waals surface area contributed by atoms with Gasteiger partial charge in [0.15, 0.2) is 11.7 Å². The van der Waals surface area contributed by atoms with E-state index < -0.39 is 0 Å².